The van der Waals surface area contributed by atoms with Crippen LogP contribution in [0, 0.1) is 3.57 Å². The monoisotopic (exact) mass is 369 g/mol. The highest BCUT2D eigenvalue weighted by Gasteiger charge is 2.20. The average molecular weight is 369 g/mol. The van der Waals surface area contributed by atoms with Crippen LogP contribution in [0.1, 0.15) is 12.8 Å². The first kappa shape index (κ1) is 12.9. The highest BCUT2D eigenvalue weighted by Crippen LogP contribution is 2.21. The minimum atomic E-state index is 0.230. The summed E-state index contributed by atoms with van der Waals surface area (Å²) in [6.07, 6.45) is 2.19. The molecule has 6 heteroatoms. The number of halogens is 1. The second-order valence-corrected chi connectivity index (χ2v) is 6.09. The first-order chi connectivity index (χ1) is 9.22. The molecule has 1 aliphatic rings. The van der Waals surface area contributed by atoms with Crippen LogP contribution in [0.15, 0.2) is 24.3 Å². The van der Waals surface area contributed by atoms with Gasteiger partial charge in [-0.1, -0.05) is 12.1 Å². The molecule has 0 amide bonds. The number of benzene rings is 1. The summed E-state index contributed by atoms with van der Waals surface area (Å²) in [7, 11) is 0. The van der Waals surface area contributed by atoms with Crippen molar-refractivity contribution in [3.05, 3.63) is 27.8 Å². The molecule has 0 aliphatic carbocycles. The van der Waals surface area contributed by atoms with E-state index >= 15 is 0 Å². The second kappa shape index (κ2) is 5.46. The van der Waals surface area contributed by atoms with E-state index in [2.05, 4.69) is 54.8 Å². The number of nitrogens with two attached hydrogens (primary N) is 1. The van der Waals surface area contributed by atoms with Gasteiger partial charge in [0.25, 0.3) is 0 Å². The molecule has 2 heterocycles. The van der Waals surface area contributed by atoms with Crippen molar-refractivity contribution in [3.8, 4) is 11.4 Å². The number of nitrogens with one attached hydrogen (secondary N) is 1. The van der Waals surface area contributed by atoms with Crippen molar-refractivity contribution in [1.29, 1.82) is 0 Å². The first-order valence-corrected chi connectivity index (χ1v) is 7.49. The standard InChI is InChI=1S/C13H16IN5/c14-10-4-1-3-9(7-10)12-16-13(18-17-12)19-6-2-5-11(15)8-19/h1,3-4,7,11H,2,5-6,8,15H2,(H,16,17,18). The Morgan fingerprint density at radius 2 is 2.32 bits per heavy atom. The van der Waals surface area contributed by atoms with Crippen molar-refractivity contribution in [1.82, 2.24) is 15.2 Å². The van der Waals surface area contributed by atoms with Crippen molar-refractivity contribution >= 4 is 28.5 Å². The molecule has 3 rings (SSSR count). The van der Waals surface area contributed by atoms with Crippen molar-refractivity contribution in [3.63, 3.8) is 0 Å². The summed E-state index contributed by atoms with van der Waals surface area (Å²) in [5, 5.41) is 7.33. The predicted octanol–water partition coefficient (Wildman–Crippen LogP) is 2.00. The Balaban J connectivity index is 1.83. The lowest BCUT2D eigenvalue weighted by Gasteiger charge is -2.29. The smallest absolute Gasteiger partial charge is 0.245 e. The summed E-state index contributed by atoms with van der Waals surface area (Å²) in [4.78, 5) is 6.73. The van der Waals surface area contributed by atoms with Gasteiger partial charge in [0, 0.05) is 28.3 Å². The molecule has 5 nitrogen and oxygen atoms in total. The molecule has 0 spiro atoms. The number of anilines is 1. The van der Waals surface area contributed by atoms with Crippen LogP contribution in [0.2, 0.25) is 0 Å². The fourth-order valence-corrected chi connectivity index (χ4v) is 2.89. The number of piperidine rings is 1. The lowest BCUT2D eigenvalue weighted by Crippen LogP contribution is -2.43. The molecule has 1 aromatic carbocycles. The number of hydrogen-bond donors (Lipinski definition) is 2. The molecule has 2 aromatic rings. The number of nitrogens with zero attached hydrogens (tertiary/aromatic N) is 3. The van der Waals surface area contributed by atoms with Crippen LogP contribution in [-0.4, -0.2) is 34.3 Å². The van der Waals surface area contributed by atoms with Gasteiger partial charge in [-0.2, -0.15) is 4.98 Å². The molecular formula is C13H16IN5. The third-order valence-corrected chi connectivity index (χ3v) is 3.98. The van der Waals surface area contributed by atoms with E-state index in [1.165, 1.54) is 3.57 Å². The molecule has 1 atom stereocenters. The highest BCUT2D eigenvalue weighted by atomic mass is 127. The van der Waals surface area contributed by atoms with E-state index in [-0.39, 0.29) is 6.04 Å². The van der Waals surface area contributed by atoms with E-state index in [1.807, 2.05) is 12.1 Å². The van der Waals surface area contributed by atoms with Crippen molar-refractivity contribution < 1.29 is 0 Å². The molecule has 1 aromatic heterocycles. The maximum Gasteiger partial charge on any atom is 0.245 e. The van der Waals surface area contributed by atoms with Crippen LogP contribution in [0.25, 0.3) is 11.4 Å². The molecule has 3 N–H and O–H groups in total. The number of hydrogen-bond acceptors (Lipinski definition) is 4. The van der Waals surface area contributed by atoms with Gasteiger partial charge in [-0.05, 0) is 47.6 Å². The molecule has 0 saturated carbocycles. The fourth-order valence-electron chi connectivity index (χ4n) is 2.35. The van der Waals surface area contributed by atoms with Crippen molar-refractivity contribution in [2.24, 2.45) is 5.73 Å². The van der Waals surface area contributed by atoms with Crippen LogP contribution in [-0.2, 0) is 0 Å². The predicted molar refractivity (Wildman–Crippen MR) is 84.0 cm³/mol. The van der Waals surface area contributed by atoms with Gasteiger partial charge in [0.1, 0.15) is 0 Å². The summed E-state index contributed by atoms with van der Waals surface area (Å²) in [5.74, 6) is 1.57. The minimum Gasteiger partial charge on any atom is -0.338 e. The molecule has 0 bridgehead atoms. The normalized spacial score (nSPS) is 19.7. The topological polar surface area (TPSA) is 70.8 Å². The molecule has 1 unspecified atom stereocenters. The Kier molecular flexibility index (Phi) is 3.69. The van der Waals surface area contributed by atoms with E-state index in [9.17, 15) is 0 Å². The Bertz CT molecular complexity index is 568. The van der Waals surface area contributed by atoms with Crippen molar-refractivity contribution in [2.75, 3.05) is 18.0 Å². The molecule has 0 radical (unpaired) electrons. The van der Waals surface area contributed by atoms with Gasteiger partial charge in [0.2, 0.25) is 5.95 Å². The summed E-state index contributed by atoms with van der Waals surface area (Å²) in [6.45, 7) is 1.82. The first-order valence-electron chi connectivity index (χ1n) is 6.41. The maximum absolute atomic E-state index is 5.99. The summed E-state index contributed by atoms with van der Waals surface area (Å²) < 4.78 is 1.19. The van der Waals surface area contributed by atoms with Crippen LogP contribution >= 0.6 is 22.6 Å². The van der Waals surface area contributed by atoms with E-state index in [0.717, 1.165) is 43.3 Å². The lowest BCUT2D eigenvalue weighted by molar-refractivity contribution is 0.500. The number of rotatable bonds is 2. The summed E-state index contributed by atoms with van der Waals surface area (Å²) in [5.41, 5.74) is 7.05. The van der Waals surface area contributed by atoms with Crippen LogP contribution in [0.3, 0.4) is 0 Å². The minimum absolute atomic E-state index is 0.230. The van der Waals surface area contributed by atoms with E-state index in [4.69, 9.17) is 5.73 Å². The zero-order valence-electron chi connectivity index (χ0n) is 10.5. The van der Waals surface area contributed by atoms with Gasteiger partial charge in [0.05, 0.1) is 0 Å². The van der Waals surface area contributed by atoms with E-state index in [1.54, 1.807) is 0 Å². The van der Waals surface area contributed by atoms with Gasteiger partial charge in [-0.25, -0.2) is 0 Å². The third-order valence-electron chi connectivity index (χ3n) is 3.31. The van der Waals surface area contributed by atoms with Gasteiger partial charge in [-0.3, -0.25) is 5.10 Å². The number of H-pyrrole nitrogens is 1. The van der Waals surface area contributed by atoms with Gasteiger partial charge < -0.3 is 10.6 Å². The van der Waals surface area contributed by atoms with E-state index < -0.39 is 0 Å². The summed E-state index contributed by atoms with van der Waals surface area (Å²) >= 11 is 2.30. The van der Waals surface area contributed by atoms with Gasteiger partial charge in [0.15, 0.2) is 5.82 Å². The second-order valence-electron chi connectivity index (χ2n) is 4.84. The van der Waals surface area contributed by atoms with Gasteiger partial charge >= 0.3 is 0 Å². The quantitative estimate of drug-likeness (QED) is 0.795. The molecule has 1 saturated heterocycles. The summed E-state index contributed by atoms with van der Waals surface area (Å²) in [6, 6.07) is 8.44. The lowest BCUT2D eigenvalue weighted by atomic mass is 10.1. The number of aromatic amines is 1. The largest absolute Gasteiger partial charge is 0.338 e. The third kappa shape index (κ3) is 2.89. The Morgan fingerprint density at radius 3 is 3.11 bits per heavy atom. The molecule has 19 heavy (non-hydrogen) atoms. The van der Waals surface area contributed by atoms with Crippen LogP contribution in [0.5, 0.6) is 0 Å². The molecular weight excluding hydrogens is 353 g/mol. The van der Waals surface area contributed by atoms with Crippen molar-refractivity contribution in [2.45, 2.75) is 18.9 Å². The Morgan fingerprint density at radius 1 is 1.42 bits per heavy atom. The average Bonchev–Trinajstić information content (AvgIpc) is 2.88. The molecule has 1 fully saturated rings. The zero-order chi connectivity index (χ0) is 13.2. The SMILES string of the molecule is NC1CCCN(c2n[nH]c(-c3cccc(I)c3)n2)C1. The van der Waals surface area contributed by atoms with Crippen LogP contribution in [0.4, 0.5) is 5.95 Å². The fraction of sp³-hybridized carbons (Fsp3) is 0.385. The molecule has 100 valence electrons. The Labute approximate surface area is 125 Å². The number of aromatic nitrogens is 3. The van der Waals surface area contributed by atoms with Gasteiger partial charge in [-0.15, -0.1) is 5.10 Å². The molecule has 1 aliphatic heterocycles. The highest BCUT2D eigenvalue weighted by molar-refractivity contribution is 14.1. The zero-order valence-corrected chi connectivity index (χ0v) is 12.7. The Hall–Kier alpha value is -1.15. The van der Waals surface area contributed by atoms with Crippen LogP contribution < -0.4 is 10.6 Å². The maximum atomic E-state index is 5.99. The van der Waals surface area contributed by atoms with E-state index in [0.29, 0.717) is 0 Å².